The standard InChI is InChI=1S/C16H15ClN4O4/c17-14-9-13(21(24)25)3-4-15(14)20-19-12-2-5-16(23)11(8-12)10-18-6-1-7-22/h2-5,8-10,22-23H,1,6-7H2. The van der Waals surface area contributed by atoms with Gasteiger partial charge in [0.05, 0.1) is 15.6 Å². The molecular weight excluding hydrogens is 348 g/mol. The van der Waals surface area contributed by atoms with Crippen LogP contribution in [0.15, 0.2) is 51.6 Å². The van der Waals surface area contributed by atoms with Crippen molar-refractivity contribution < 1.29 is 15.1 Å². The third kappa shape index (κ3) is 5.33. The number of phenols is 1. The highest BCUT2D eigenvalue weighted by atomic mass is 35.5. The molecule has 9 heteroatoms. The maximum Gasteiger partial charge on any atom is 0.271 e. The van der Waals surface area contributed by atoms with Gasteiger partial charge in [0.25, 0.3) is 5.69 Å². The summed E-state index contributed by atoms with van der Waals surface area (Å²) in [5, 5.41) is 37.3. The number of non-ortho nitro benzene ring substituents is 1. The fourth-order valence-electron chi connectivity index (χ4n) is 1.83. The van der Waals surface area contributed by atoms with Gasteiger partial charge in [-0.25, -0.2) is 0 Å². The summed E-state index contributed by atoms with van der Waals surface area (Å²) in [5.74, 6) is 0.0417. The number of azo groups is 1. The molecule has 2 aromatic rings. The average molecular weight is 363 g/mol. The molecule has 0 aliphatic rings. The van der Waals surface area contributed by atoms with Gasteiger partial charge in [-0.3, -0.25) is 15.1 Å². The van der Waals surface area contributed by atoms with Crippen LogP contribution in [-0.4, -0.2) is 34.5 Å². The highest BCUT2D eigenvalue weighted by Gasteiger charge is 2.09. The molecule has 0 unspecified atom stereocenters. The van der Waals surface area contributed by atoms with Crippen LogP contribution in [-0.2, 0) is 0 Å². The number of halogens is 1. The Morgan fingerprint density at radius 3 is 2.68 bits per heavy atom. The van der Waals surface area contributed by atoms with Crippen molar-refractivity contribution in [1.29, 1.82) is 0 Å². The molecule has 2 aromatic carbocycles. The molecule has 0 aliphatic heterocycles. The number of aliphatic hydroxyl groups is 1. The number of benzene rings is 2. The van der Waals surface area contributed by atoms with Crippen LogP contribution in [0.5, 0.6) is 5.75 Å². The minimum Gasteiger partial charge on any atom is -0.507 e. The van der Waals surface area contributed by atoms with Gasteiger partial charge in [0.1, 0.15) is 11.4 Å². The summed E-state index contributed by atoms with van der Waals surface area (Å²) in [5.41, 5.74) is 1.08. The minimum atomic E-state index is -0.546. The van der Waals surface area contributed by atoms with E-state index in [1.54, 1.807) is 12.1 Å². The molecule has 0 aliphatic carbocycles. The first-order valence-corrected chi connectivity index (χ1v) is 7.68. The van der Waals surface area contributed by atoms with E-state index in [1.807, 2.05) is 0 Å². The van der Waals surface area contributed by atoms with Gasteiger partial charge in [0.15, 0.2) is 0 Å². The van der Waals surface area contributed by atoms with E-state index < -0.39 is 4.92 Å². The zero-order valence-corrected chi connectivity index (χ0v) is 13.8. The topological polar surface area (TPSA) is 121 Å². The lowest BCUT2D eigenvalue weighted by Gasteiger charge is -2.01. The van der Waals surface area contributed by atoms with Crippen molar-refractivity contribution in [2.24, 2.45) is 15.2 Å². The summed E-state index contributed by atoms with van der Waals surface area (Å²) in [7, 11) is 0. The van der Waals surface area contributed by atoms with Crippen LogP contribution in [0.4, 0.5) is 17.1 Å². The molecule has 0 atom stereocenters. The van der Waals surface area contributed by atoms with Gasteiger partial charge in [-0.15, -0.1) is 5.11 Å². The van der Waals surface area contributed by atoms with Gasteiger partial charge in [-0.1, -0.05) is 11.6 Å². The molecule has 0 aromatic heterocycles. The molecule has 0 fully saturated rings. The van der Waals surface area contributed by atoms with E-state index in [4.69, 9.17) is 16.7 Å². The smallest absolute Gasteiger partial charge is 0.271 e. The van der Waals surface area contributed by atoms with Crippen LogP contribution >= 0.6 is 11.6 Å². The van der Waals surface area contributed by atoms with Crippen molar-refractivity contribution in [3.05, 3.63) is 57.1 Å². The Balaban J connectivity index is 2.18. The van der Waals surface area contributed by atoms with E-state index in [9.17, 15) is 15.2 Å². The summed E-state index contributed by atoms with van der Waals surface area (Å²) in [4.78, 5) is 14.2. The van der Waals surface area contributed by atoms with Crippen LogP contribution < -0.4 is 0 Å². The highest BCUT2D eigenvalue weighted by molar-refractivity contribution is 6.33. The van der Waals surface area contributed by atoms with Gasteiger partial charge in [0.2, 0.25) is 0 Å². The third-order valence-electron chi connectivity index (χ3n) is 3.10. The molecule has 0 radical (unpaired) electrons. The SMILES string of the molecule is O=[N+]([O-])c1ccc(N=Nc2ccc(O)c(C=NCCCO)c2)c(Cl)c1. The Kier molecular flexibility index (Phi) is 6.55. The zero-order valence-electron chi connectivity index (χ0n) is 13.0. The number of hydrogen-bond acceptors (Lipinski definition) is 7. The minimum absolute atomic E-state index is 0.0417. The second-order valence-electron chi connectivity index (χ2n) is 4.95. The summed E-state index contributed by atoms with van der Waals surface area (Å²) in [6, 6.07) is 8.49. The molecule has 8 nitrogen and oxygen atoms in total. The Bertz CT molecular complexity index is 824. The van der Waals surface area contributed by atoms with E-state index in [1.165, 1.54) is 30.5 Å². The Morgan fingerprint density at radius 2 is 2.00 bits per heavy atom. The maximum atomic E-state index is 10.7. The van der Waals surface area contributed by atoms with Gasteiger partial charge in [-0.2, -0.15) is 5.11 Å². The molecule has 0 saturated carbocycles. The number of rotatable bonds is 7. The van der Waals surface area contributed by atoms with Gasteiger partial charge in [0, 0.05) is 37.1 Å². The Hall–Kier alpha value is -2.84. The monoisotopic (exact) mass is 362 g/mol. The molecule has 25 heavy (non-hydrogen) atoms. The van der Waals surface area contributed by atoms with E-state index in [-0.39, 0.29) is 23.1 Å². The number of hydrogen-bond donors (Lipinski definition) is 2. The van der Waals surface area contributed by atoms with Crippen molar-refractivity contribution in [1.82, 2.24) is 0 Å². The largest absolute Gasteiger partial charge is 0.507 e. The fraction of sp³-hybridized carbons (Fsp3) is 0.188. The summed E-state index contributed by atoms with van der Waals surface area (Å²) in [6.45, 7) is 0.494. The number of aromatic hydroxyl groups is 1. The lowest BCUT2D eigenvalue weighted by atomic mass is 10.2. The van der Waals surface area contributed by atoms with Crippen molar-refractivity contribution >= 4 is 34.9 Å². The van der Waals surface area contributed by atoms with Crippen molar-refractivity contribution in [3.8, 4) is 5.75 Å². The third-order valence-corrected chi connectivity index (χ3v) is 3.40. The lowest BCUT2D eigenvalue weighted by molar-refractivity contribution is -0.384. The van der Waals surface area contributed by atoms with Crippen LogP contribution in [0.3, 0.4) is 0 Å². The van der Waals surface area contributed by atoms with Gasteiger partial charge < -0.3 is 10.2 Å². The van der Waals surface area contributed by atoms with Crippen LogP contribution in [0.25, 0.3) is 0 Å². The zero-order chi connectivity index (χ0) is 18.2. The Morgan fingerprint density at radius 1 is 1.20 bits per heavy atom. The predicted octanol–water partition coefficient (Wildman–Crippen LogP) is 4.17. The molecule has 0 saturated heterocycles. The lowest BCUT2D eigenvalue weighted by Crippen LogP contribution is -1.89. The normalized spacial score (nSPS) is 11.4. The number of aliphatic imine (C=N–C) groups is 1. The van der Waals surface area contributed by atoms with Crippen molar-refractivity contribution in [2.75, 3.05) is 13.2 Å². The first-order chi connectivity index (χ1) is 12.0. The van der Waals surface area contributed by atoms with Crippen molar-refractivity contribution in [2.45, 2.75) is 6.42 Å². The molecule has 130 valence electrons. The second kappa shape index (κ2) is 8.86. The van der Waals surface area contributed by atoms with Gasteiger partial charge >= 0.3 is 0 Å². The molecule has 0 amide bonds. The molecule has 0 spiro atoms. The molecule has 2 N–H and O–H groups in total. The predicted molar refractivity (Wildman–Crippen MR) is 94.6 cm³/mol. The molecular formula is C16H15ClN4O4. The summed E-state index contributed by atoms with van der Waals surface area (Å²) < 4.78 is 0. The number of aliphatic hydroxyl groups excluding tert-OH is 1. The van der Waals surface area contributed by atoms with E-state index >= 15 is 0 Å². The molecule has 0 bridgehead atoms. The number of nitrogens with zero attached hydrogens (tertiary/aromatic N) is 4. The quantitative estimate of drug-likeness (QED) is 0.252. The average Bonchev–Trinajstić information content (AvgIpc) is 2.59. The summed E-state index contributed by atoms with van der Waals surface area (Å²) in [6.07, 6.45) is 2.03. The van der Waals surface area contributed by atoms with Crippen molar-refractivity contribution in [3.63, 3.8) is 0 Å². The van der Waals surface area contributed by atoms with E-state index in [0.717, 1.165) is 0 Å². The number of nitro groups is 1. The van der Waals surface area contributed by atoms with E-state index in [2.05, 4.69) is 15.2 Å². The first-order valence-electron chi connectivity index (χ1n) is 7.30. The fourth-order valence-corrected chi connectivity index (χ4v) is 2.05. The number of nitro benzene ring substituents is 1. The second-order valence-corrected chi connectivity index (χ2v) is 5.36. The highest BCUT2D eigenvalue weighted by Crippen LogP contribution is 2.31. The van der Waals surface area contributed by atoms with E-state index in [0.29, 0.717) is 29.9 Å². The van der Waals surface area contributed by atoms with Crippen LogP contribution in [0.2, 0.25) is 5.02 Å². The summed E-state index contributed by atoms with van der Waals surface area (Å²) >= 11 is 5.95. The van der Waals surface area contributed by atoms with Crippen LogP contribution in [0, 0.1) is 10.1 Å². The van der Waals surface area contributed by atoms with Gasteiger partial charge in [-0.05, 0) is 30.7 Å². The molecule has 2 rings (SSSR count). The molecule has 0 heterocycles. The maximum absolute atomic E-state index is 10.7. The number of phenolic OH excluding ortho intramolecular Hbond substituents is 1. The Labute approximate surface area is 148 Å². The van der Waals surface area contributed by atoms with Crippen LogP contribution in [0.1, 0.15) is 12.0 Å². The first kappa shape index (κ1) is 18.5.